The Morgan fingerprint density at radius 1 is 1.07 bits per heavy atom. The van der Waals surface area contributed by atoms with Crippen LogP contribution in [0.15, 0.2) is 29.4 Å². The Morgan fingerprint density at radius 3 is 2.36 bits per heavy atom. The van der Waals surface area contributed by atoms with Crippen LogP contribution >= 0.6 is 0 Å². The van der Waals surface area contributed by atoms with Crippen LogP contribution in [0.5, 0.6) is 5.75 Å². The van der Waals surface area contributed by atoms with E-state index in [-0.39, 0.29) is 18.2 Å². The largest absolute Gasteiger partial charge is 0.496 e. The normalized spacial score (nSPS) is 30.8. The molecule has 4 bridgehead atoms. The van der Waals surface area contributed by atoms with E-state index < -0.39 is 0 Å². The molecule has 4 saturated carbocycles. The number of nitrogens with one attached hydrogen (secondary N) is 2. The minimum Gasteiger partial charge on any atom is -0.496 e. The number of methoxy groups -OCH3 is 1. The first kappa shape index (κ1) is 19.0. The average molecular weight is 383 g/mol. The zero-order valence-corrected chi connectivity index (χ0v) is 16.6. The molecule has 0 aromatic heterocycles. The van der Waals surface area contributed by atoms with Gasteiger partial charge in [0.25, 0.3) is 5.91 Å². The van der Waals surface area contributed by atoms with Crippen molar-refractivity contribution in [2.45, 2.75) is 51.5 Å². The summed E-state index contributed by atoms with van der Waals surface area (Å²) in [6, 6.07) is 7.31. The Morgan fingerprint density at radius 2 is 1.71 bits per heavy atom. The predicted molar refractivity (Wildman–Crippen MR) is 107 cm³/mol. The van der Waals surface area contributed by atoms with Crippen LogP contribution in [0.1, 0.15) is 55.8 Å². The Hall–Kier alpha value is -2.37. The molecule has 0 unspecified atom stereocenters. The molecule has 6 heteroatoms. The van der Waals surface area contributed by atoms with Crippen molar-refractivity contribution in [2.24, 2.45) is 28.8 Å². The summed E-state index contributed by atoms with van der Waals surface area (Å²) in [7, 11) is 1.52. The SMILES string of the molecule is COc1ccccc1C(=O)N/N=C(\C)CC(=O)NC1C2CC3CC(C2)CC1C3. The molecule has 5 rings (SSSR count). The van der Waals surface area contributed by atoms with Gasteiger partial charge < -0.3 is 10.1 Å². The van der Waals surface area contributed by atoms with Crippen LogP contribution in [0.25, 0.3) is 0 Å². The van der Waals surface area contributed by atoms with Gasteiger partial charge in [-0.1, -0.05) is 12.1 Å². The van der Waals surface area contributed by atoms with Gasteiger partial charge in [0.05, 0.1) is 19.1 Å². The second kappa shape index (κ2) is 7.94. The number of nitrogens with zero attached hydrogens (tertiary/aromatic N) is 1. The highest BCUT2D eigenvalue weighted by molar-refractivity contribution is 6.01. The molecule has 28 heavy (non-hydrogen) atoms. The zero-order valence-electron chi connectivity index (χ0n) is 16.6. The number of hydrogen-bond donors (Lipinski definition) is 2. The molecule has 0 atom stereocenters. The van der Waals surface area contributed by atoms with Crippen LogP contribution in [-0.2, 0) is 4.79 Å². The molecule has 0 aliphatic heterocycles. The van der Waals surface area contributed by atoms with Gasteiger partial charge in [-0.05, 0) is 74.8 Å². The van der Waals surface area contributed by atoms with Crippen LogP contribution < -0.4 is 15.5 Å². The van der Waals surface area contributed by atoms with Gasteiger partial charge in [-0.2, -0.15) is 5.10 Å². The number of carbonyl (C=O) groups is 2. The summed E-state index contributed by atoms with van der Waals surface area (Å²) in [5.74, 6) is 3.25. The first-order valence-corrected chi connectivity index (χ1v) is 10.3. The topological polar surface area (TPSA) is 79.8 Å². The fourth-order valence-corrected chi connectivity index (χ4v) is 5.71. The number of hydrazone groups is 1. The number of benzene rings is 1. The van der Waals surface area contributed by atoms with Gasteiger partial charge in [0.1, 0.15) is 5.75 Å². The van der Waals surface area contributed by atoms with Gasteiger partial charge in [0.15, 0.2) is 0 Å². The summed E-state index contributed by atoms with van der Waals surface area (Å²) in [5.41, 5.74) is 3.53. The third-order valence-electron chi connectivity index (χ3n) is 6.67. The lowest BCUT2D eigenvalue weighted by molar-refractivity contribution is -0.123. The van der Waals surface area contributed by atoms with Gasteiger partial charge >= 0.3 is 0 Å². The van der Waals surface area contributed by atoms with E-state index in [1.54, 1.807) is 31.2 Å². The number of carbonyl (C=O) groups excluding carboxylic acids is 2. The Labute approximate surface area is 166 Å². The molecule has 0 radical (unpaired) electrons. The molecular weight excluding hydrogens is 354 g/mol. The number of para-hydroxylation sites is 1. The molecular formula is C22H29N3O3. The summed E-state index contributed by atoms with van der Waals surface area (Å²) in [5, 5.41) is 7.38. The van der Waals surface area contributed by atoms with Crippen molar-refractivity contribution in [2.75, 3.05) is 7.11 Å². The van der Waals surface area contributed by atoms with Crippen LogP contribution in [0.3, 0.4) is 0 Å². The van der Waals surface area contributed by atoms with Crippen LogP contribution in [0.4, 0.5) is 0 Å². The summed E-state index contributed by atoms with van der Waals surface area (Å²) >= 11 is 0. The lowest BCUT2D eigenvalue weighted by atomic mass is 9.54. The molecule has 4 aliphatic rings. The molecule has 1 aromatic rings. The van der Waals surface area contributed by atoms with Crippen LogP contribution in [-0.4, -0.2) is 30.7 Å². The lowest BCUT2D eigenvalue weighted by Crippen LogP contribution is -2.56. The highest BCUT2D eigenvalue weighted by Crippen LogP contribution is 2.53. The Balaban J connectivity index is 1.30. The summed E-state index contributed by atoms with van der Waals surface area (Å²) in [6.45, 7) is 1.76. The van der Waals surface area contributed by atoms with Crippen molar-refractivity contribution < 1.29 is 14.3 Å². The van der Waals surface area contributed by atoms with Gasteiger partial charge in [0.2, 0.25) is 5.91 Å². The number of rotatable bonds is 6. The molecule has 4 fully saturated rings. The van der Waals surface area contributed by atoms with Crippen molar-refractivity contribution in [1.82, 2.24) is 10.7 Å². The van der Waals surface area contributed by atoms with Crippen molar-refractivity contribution in [1.29, 1.82) is 0 Å². The molecule has 0 spiro atoms. The van der Waals surface area contributed by atoms with Crippen molar-refractivity contribution in [3.8, 4) is 5.75 Å². The van der Waals surface area contributed by atoms with Gasteiger partial charge in [-0.15, -0.1) is 0 Å². The van der Waals surface area contributed by atoms with Gasteiger partial charge in [-0.25, -0.2) is 5.43 Å². The lowest BCUT2D eigenvalue weighted by Gasteiger charge is -2.54. The molecule has 1 aromatic carbocycles. The third-order valence-corrected chi connectivity index (χ3v) is 6.67. The highest BCUT2D eigenvalue weighted by Gasteiger charge is 2.48. The van der Waals surface area contributed by atoms with Gasteiger partial charge in [-0.3, -0.25) is 9.59 Å². The van der Waals surface area contributed by atoms with E-state index in [1.165, 1.54) is 39.2 Å². The quantitative estimate of drug-likeness (QED) is 0.585. The molecule has 6 nitrogen and oxygen atoms in total. The summed E-state index contributed by atoms with van der Waals surface area (Å²) < 4.78 is 5.20. The Kier molecular flexibility index (Phi) is 5.38. The molecule has 0 heterocycles. The van der Waals surface area contributed by atoms with E-state index in [2.05, 4.69) is 15.8 Å². The average Bonchev–Trinajstić information content (AvgIpc) is 2.68. The first-order valence-electron chi connectivity index (χ1n) is 10.3. The summed E-state index contributed by atoms with van der Waals surface area (Å²) in [6.07, 6.45) is 6.72. The Bertz CT molecular complexity index is 761. The van der Waals surface area contributed by atoms with Crippen molar-refractivity contribution in [3.05, 3.63) is 29.8 Å². The fraction of sp³-hybridized carbons (Fsp3) is 0.591. The van der Waals surface area contributed by atoms with E-state index >= 15 is 0 Å². The van der Waals surface area contributed by atoms with Crippen LogP contribution in [0, 0.1) is 23.7 Å². The number of ether oxygens (including phenoxy) is 1. The first-order chi connectivity index (χ1) is 13.5. The monoisotopic (exact) mass is 383 g/mol. The second-order valence-electron chi connectivity index (χ2n) is 8.69. The minimum absolute atomic E-state index is 0.00487. The van der Waals surface area contributed by atoms with E-state index in [0.717, 1.165) is 11.8 Å². The third kappa shape index (κ3) is 3.91. The fourth-order valence-electron chi connectivity index (χ4n) is 5.71. The van der Waals surface area contributed by atoms with Crippen molar-refractivity contribution in [3.63, 3.8) is 0 Å². The molecule has 0 saturated heterocycles. The second-order valence-corrected chi connectivity index (χ2v) is 8.69. The van der Waals surface area contributed by atoms with Crippen molar-refractivity contribution >= 4 is 17.5 Å². The maximum absolute atomic E-state index is 12.5. The molecule has 2 amide bonds. The summed E-state index contributed by atoms with van der Waals surface area (Å²) in [4.78, 5) is 24.8. The maximum atomic E-state index is 12.5. The zero-order chi connectivity index (χ0) is 19.7. The molecule has 4 aliphatic carbocycles. The maximum Gasteiger partial charge on any atom is 0.275 e. The number of amides is 2. The standard InChI is InChI=1S/C22H29N3O3/c1-13(24-25-22(27)18-5-3-4-6-19(18)28-2)7-20(26)23-21-16-9-14-8-15(11-16)12-17(21)10-14/h3-6,14-17,21H,7-12H2,1-2H3,(H,23,26)(H,25,27)/b24-13+. The van der Waals surface area contributed by atoms with Crippen LogP contribution in [0.2, 0.25) is 0 Å². The predicted octanol–water partition coefficient (Wildman–Crippen LogP) is 3.13. The number of hydrogen-bond acceptors (Lipinski definition) is 4. The van der Waals surface area contributed by atoms with E-state index in [1.807, 2.05) is 0 Å². The van der Waals surface area contributed by atoms with Gasteiger partial charge in [0, 0.05) is 11.8 Å². The highest BCUT2D eigenvalue weighted by atomic mass is 16.5. The van der Waals surface area contributed by atoms with E-state index in [9.17, 15) is 9.59 Å². The smallest absolute Gasteiger partial charge is 0.275 e. The molecule has 150 valence electrons. The molecule has 2 N–H and O–H groups in total. The minimum atomic E-state index is -0.349. The van der Waals surface area contributed by atoms with E-state index in [0.29, 0.717) is 34.9 Å². The van der Waals surface area contributed by atoms with E-state index in [4.69, 9.17) is 4.74 Å².